The summed E-state index contributed by atoms with van der Waals surface area (Å²) >= 11 is 0. The molecule has 0 aliphatic carbocycles. The van der Waals surface area contributed by atoms with Crippen LogP contribution in [0.1, 0.15) is 38.8 Å². The molecule has 300 valence electrons. The van der Waals surface area contributed by atoms with Crippen LogP contribution in [0.4, 0.5) is 0 Å². The minimum Gasteiger partial charge on any atom is -0.508 e. The summed E-state index contributed by atoms with van der Waals surface area (Å²) in [7, 11) is 0. The SMILES string of the molecule is CC(=O)OCC1O[C@@H](Oc2c(-c3ccc4c(c3)OC(c3ccccc3)(c3ccccc3)O4)oc3cc(O)cc(O)c3c2=O)C(OC(C)=O)C(OC(C)=O)[C@@H]1OC(C)=O. The Morgan fingerprint density at radius 2 is 1.28 bits per heavy atom. The van der Waals surface area contributed by atoms with Gasteiger partial charge in [0.2, 0.25) is 23.6 Å². The number of esters is 4. The summed E-state index contributed by atoms with van der Waals surface area (Å²) in [6.07, 6.45) is -8.11. The van der Waals surface area contributed by atoms with Crippen LogP contribution in [-0.2, 0) is 48.6 Å². The maximum Gasteiger partial charge on any atom is 0.305 e. The Balaban J connectivity index is 1.37. The standard InChI is InChI=1S/C42H36O16/c1-21(43)50-20-33-37(51-22(2)44)39(52-23(3)45)40(53-24(4)46)41(55-33)56-38-35(49)34-29(48)18-28(47)19-32(34)54-36(38)25-15-16-30-31(17-25)58-42(57-30,26-11-7-5-8-12-26)27-13-9-6-10-14-27/h5-19,33,37,39-41,47-48H,20H2,1-4H3/t33?,37-,39?,40?,41+/m1/s1. The molecule has 4 aromatic carbocycles. The molecule has 2 aliphatic heterocycles. The van der Waals surface area contributed by atoms with Crippen LogP contribution in [0.15, 0.2) is 100 Å². The second-order valence-electron chi connectivity index (χ2n) is 13.3. The molecule has 1 saturated heterocycles. The van der Waals surface area contributed by atoms with E-state index >= 15 is 0 Å². The fourth-order valence-electron chi connectivity index (χ4n) is 6.83. The van der Waals surface area contributed by atoms with Gasteiger partial charge in [-0.05, 0) is 18.2 Å². The van der Waals surface area contributed by atoms with Gasteiger partial charge in [0.05, 0.1) is 0 Å². The van der Waals surface area contributed by atoms with Gasteiger partial charge in [0, 0.05) is 56.5 Å². The minimum atomic E-state index is -1.85. The Hall–Kier alpha value is -7.07. The number of aromatic hydroxyl groups is 2. The summed E-state index contributed by atoms with van der Waals surface area (Å²) in [6, 6.07) is 25.1. The highest BCUT2D eigenvalue weighted by Gasteiger charge is 2.54. The van der Waals surface area contributed by atoms with E-state index in [9.17, 15) is 34.2 Å². The Bertz CT molecular complexity index is 2400. The largest absolute Gasteiger partial charge is 0.508 e. The molecule has 0 radical (unpaired) electrons. The number of carbonyl (C=O) groups is 4. The summed E-state index contributed by atoms with van der Waals surface area (Å²) in [6.45, 7) is 3.73. The van der Waals surface area contributed by atoms with E-state index in [1.54, 1.807) is 12.1 Å². The fraction of sp³-hybridized carbons (Fsp3) is 0.262. The molecule has 58 heavy (non-hydrogen) atoms. The van der Waals surface area contributed by atoms with Gasteiger partial charge in [0.15, 0.2) is 29.5 Å². The van der Waals surface area contributed by atoms with Gasteiger partial charge < -0.3 is 52.5 Å². The third kappa shape index (κ3) is 7.69. The number of hydrogen-bond acceptors (Lipinski definition) is 16. The van der Waals surface area contributed by atoms with Crippen LogP contribution in [0.25, 0.3) is 22.3 Å². The number of phenols is 2. The molecule has 2 N–H and O–H groups in total. The second kappa shape index (κ2) is 15.8. The first kappa shape index (κ1) is 39.2. The third-order valence-electron chi connectivity index (χ3n) is 9.12. The number of phenolic OH excluding ortho intramolecular Hbond substituents is 2. The summed E-state index contributed by atoms with van der Waals surface area (Å²) in [4.78, 5) is 63.6. The highest BCUT2D eigenvalue weighted by molar-refractivity contribution is 5.88. The molecule has 1 fully saturated rings. The van der Waals surface area contributed by atoms with Crippen LogP contribution in [0, 0.1) is 0 Å². The second-order valence-corrected chi connectivity index (χ2v) is 13.3. The zero-order valence-corrected chi connectivity index (χ0v) is 31.4. The maximum atomic E-state index is 14.5. The van der Waals surface area contributed by atoms with E-state index in [0.717, 1.165) is 39.8 Å². The molecular weight excluding hydrogens is 760 g/mol. The molecule has 5 atom stereocenters. The lowest BCUT2D eigenvalue weighted by molar-refractivity contribution is -0.288. The number of fused-ring (bicyclic) bond motifs is 2. The first-order valence-corrected chi connectivity index (χ1v) is 17.9. The lowest BCUT2D eigenvalue weighted by Crippen LogP contribution is -2.63. The van der Waals surface area contributed by atoms with Crippen LogP contribution < -0.4 is 19.6 Å². The van der Waals surface area contributed by atoms with Crippen molar-refractivity contribution < 1.29 is 71.7 Å². The van der Waals surface area contributed by atoms with Crippen molar-refractivity contribution in [1.82, 2.24) is 0 Å². The van der Waals surface area contributed by atoms with Gasteiger partial charge in [-0.25, -0.2) is 0 Å². The predicted octanol–water partition coefficient (Wildman–Crippen LogP) is 5.01. The quantitative estimate of drug-likeness (QED) is 0.140. The molecule has 16 heteroatoms. The van der Waals surface area contributed by atoms with Crippen molar-refractivity contribution in [3.05, 3.63) is 112 Å². The Morgan fingerprint density at radius 1 is 0.690 bits per heavy atom. The molecule has 0 amide bonds. The highest BCUT2D eigenvalue weighted by Crippen LogP contribution is 2.50. The van der Waals surface area contributed by atoms with E-state index < -0.39 is 95.0 Å². The first-order valence-electron chi connectivity index (χ1n) is 17.9. The fourth-order valence-corrected chi connectivity index (χ4v) is 6.83. The van der Waals surface area contributed by atoms with Gasteiger partial charge in [-0.3, -0.25) is 24.0 Å². The van der Waals surface area contributed by atoms with Crippen molar-refractivity contribution >= 4 is 34.8 Å². The van der Waals surface area contributed by atoms with Gasteiger partial charge in [-0.15, -0.1) is 0 Å². The Kier molecular flexibility index (Phi) is 10.7. The van der Waals surface area contributed by atoms with Crippen molar-refractivity contribution in [3.8, 4) is 40.1 Å². The normalized spacial score (nSPS) is 20.4. The lowest BCUT2D eigenvalue weighted by atomic mass is 9.97. The van der Waals surface area contributed by atoms with Crippen molar-refractivity contribution in [1.29, 1.82) is 0 Å². The number of rotatable bonds is 10. The minimum absolute atomic E-state index is 0.168. The summed E-state index contributed by atoms with van der Waals surface area (Å²) in [5.74, 6) is -6.21. The van der Waals surface area contributed by atoms with Crippen molar-refractivity contribution in [2.45, 2.75) is 64.2 Å². The topological polar surface area (TPSA) is 213 Å². The number of benzene rings is 4. The van der Waals surface area contributed by atoms with Crippen LogP contribution >= 0.6 is 0 Å². The number of carbonyl (C=O) groups excluding carboxylic acids is 4. The van der Waals surface area contributed by atoms with Crippen LogP contribution in [0.5, 0.6) is 28.7 Å². The first-order chi connectivity index (χ1) is 27.7. The zero-order chi connectivity index (χ0) is 41.3. The van der Waals surface area contributed by atoms with E-state index in [4.69, 9.17) is 42.3 Å². The van der Waals surface area contributed by atoms with Crippen molar-refractivity contribution in [3.63, 3.8) is 0 Å². The molecule has 2 aliphatic rings. The van der Waals surface area contributed by atoms with E-state index in [1.807, 2.05) is 60.7 Å². The maximum absolute atomic E-state index is 14.5. The number of hydrogen-bond donors (Lipinski definition) is 2. The molecule has 1 aromatic heterocycles. The Morgan fingerprint density at radius 3 is 1.88 bits per heavy atom. The van der Waals surface area contributed by atoms with E-state index in [-0.39, 0.29) is 22.7 Å². The molecule has 3 heterocycles. The molecular formula is C42H36O16. The van der Waals surface area contributed by atoms with Crippen LogP contribution in [0.3, 0.4) is 0 Å². The number of ether oxygens (including phenoxy) is 8. The monoisotopic (exact) mass is 796 g/mol. The predicted molar refractivity (Wildman–Crippen MR) is 199 cm³/mol. The average molecular weight is 797 g/mol. The van der Waals surface area contributed by atoms with Crippen LogP contribution in [0.2, 0.25) is 0 Å². The molecule has 0 bridgehead atoms. The summed E-state index contributed by atoms with van der Waals surface area (Å²) < 4.78 is 53.4. The van der Waals surface area contributed by atoms with Crippen molar-refractivity contribution in [2.24, 2.45) is 0 Å². The molecule has 3 unspecified atom stereocenters. The van der Waals surface area contributed by atoms with E-state index in [0.29, 0.717) is 16.9 Å². The van der Waals surface area contributed by atoms with E-state index in [2.05, 4.69) is 0 Å². The van der Waals surface area contributed by atoms with E-state index in [1.165, 1.54) is 6.07 Å². The zero-order valence-electron chi connectivity index (χ0n) is 31.4. The third-order valence-corrected chi connectivity index (χ3v) is 9.12. The molecule has 0 spiro atoms. The van der Waals surface area contributed by atoms with Gasteiger partial charge in [-0.2, -0.15) is 0 Å². The Labute approximate surface area is 329 Å². The smallest absolute Gasteiger partial charge is 0.305 e. The molecule has 5 aromatic rings. The van der Waals surface area contributed by atoms with Crippen molar-refractivity contribution in [2.75, 3.05) is 6.61 Å². The van der Waals surface area contributed by atoms with Gasteiger partial charge in [-0.1, -0.05) is 60.7 Å². The van der Waals surface area contributed by atoms with Crippen LogP contribution in [-0.4, -0.2) is 71.4 Å². The molecule has 16 nitrogen and oxygen atoms in total. The van der Waals surface area contributed by atoms with Gasteiger partial charge >= 0.3 is 29.7 Å². The van der Waals surface area contributed by atoms with Gasteiger partial charge in [0.25, 0.3) is 0 Å². The lowest BCUT2D eigenvalue weighted by Gasteiger charge is -2.43. The average Bonchev–Trinajstić information content (AvgIpc) is 3.57. The molecule has 0 saturated carbocycles. The molecule has 7 rings (SSSR count). The highest BCUT2D eigenvalue weighted by atomic mass is 16.7. The van der Waals surface area contributed by atoms with Gasteiger partial charge in [0.1, 0.15) is 35.2 Å². The summed E-state index contributed by atoms with van der Waals surface area (Å²) in [5, 5.41) is 20.8. The summed E-state index contributed by atoms with van der Waals surface area (Å²) in [5.41, 5.74) is 0.306.